The molecule has 1 aromatic carbocycles. The molecule has 0 atom stereocenters. The van der Waals surface area contributed by atoms with Crippen molar-refractivity contribution < 1.29 is 9.53 Å². The molecule has 0 saturated carbocycles. The van der Waals surface area contributed by atoms with Gasteiger partial charge < -0.3 is 4.74 Å². The number of pyridine rings is 1. The molecule has 84 valence electrons. The summed E-state index contributed by atoms with van der Waals surface area (Å²) in [6, 6.07) is 5.13. The summed E-state index contributed by atoms with van der Waals surface area (Å²) >= 11 is 6.07. The molecule has 0 fully saturated rings. The van der Waals surface area contributed by atoms with E-state index in [-0.39, 0.29) is 5.75 Å². The van der Waals surface area contributed by atoms with Crippen LogP contribution in [0.1, 0.15) is 12.5 Å². The highest BCUT2D eigenvalue weighted by molar-refractivity contribution is 6.35. The summed E-state index contributed by atoms with van der Waals surface area (Å²) in [7, 11) is 0. The van der Waals surface area contributed by atoms with Crippen molar-refractivity contribution in [2.24, 2.45) is 0 Å². The van der Waals surface area contributed by atoms with Gasteiger partial charge in [-0.25, -0.2) is 0 Å². The van der Waals surface area contributed by atoms with Crippen molar-refractivity contribution in [2.45, 2.75) is 6.92 Å². The van der Waals surface area contributed by atoms with Crippen LogP contribution in [0.3, 0.4) is 0 Å². The number of carbonyl (C=O) groups excluding carboxylic acids is 1. The average Bonchev–Trinajstić information content (AvgIpc) is 2.32. The smallest absolute Gasteiger partial charge is 0.308 e. The number of benzene rings is 1. The molecule has 0 aliphatic rings. The maximum absolute atomic E-state index is 11.1. The van der Waals surface area contributed by atoms with Gasteiger partial charge >= 0.3 is 5.97 Å². The van der Waals surface area contributed by atoms with Crippen LogP contribution in [0.25, 0.3) is 10.9 Å². The highest BCUT2D eigenvalue weighted by Gasteiger charge is 2.13. The van der Waals surface area contributed by atoms with Crippen LogP contribution in [0.15, 0.2) is 24.4 Å². The standard InChI is InChI=1S/C13H8ClNO2/c1-3-9-7-11(14)10-5-4-6-15-12(10)13(9)17-8(2)16/h1,4-7H,2H3. The van der Waals surface area contributed by atoms with Crippen molar-refractivity contribution in [3.8, 4) is 18.1 Å². The van der Waals surface area contributed by atoms with E-state index in [1.807, 2.05) is 0 Å². The third-order valence-corrected chi connectivity index (χ3v) is 2.51. The summed E-state index contributed by atoms with van der Waals surface area (Å²) in [5, 5.41) is 1.18. The summed E-state index contributed by atoms with van der Waals surface area (Å²) in [5.74, 6) is 2.26. The van der Waals surface area contributed by atoms with Crippen LogP contribution in [0.2, 0.25) is 5.02 Å². The number of ether oxygens (including phenoxy) is 1. The minimum atomic E-state index is -0.448. The topological polar surface area (TPSA) is 39.2 Å². The molecule has 0 aliphatic carbocycles. The molecular weight excluding hydrogens is 238 g/mol. The molecule has 2 aromatic rings. The lowest BCUT2D eigenvalue weighted by molar-refractivity contribution is -0.131. The molecule has 0 N–H and O–H groups in total. The van der Waals surface area contributed by atoms with Crippen molar-refractivity contribution in [1.29, 1.82) is 0 Å². The van der Waals surface area contributed by atoms with Crippen LogP contribution in [0.4, 0.5) is 0 Å². The van der Waals surface area contributed by atoms with Gasteiger partial charge in [-0.05, 0) is 18.2 Å². The number of fused-ring (bicyclic) bond motifs is 1. The largest absolute Gasteiger partial charge is 0.423 e. The monoisotopic (exact) mass is 245 g/mol. The Hall–Kier alpha value is -2.05. The minimum Gasteiger partial charge on any atom is -0.423 e. The van der Waals surface area contributed by atoms with Gasteiger partial charge in [0, 0.05) is 18.5 Å². The first kappa shape index (κ1) is 11.4. The molecule has 0 bridgehead atoms. The molecular formula is C13H8ClNO2. The zero-order valence-corrected chi connectivity index (χ0v) is 9.78. The summed E-state index contributed by atoms with van der Waals surface area (Å²) < 4.78 is 5.10. The number of carbonyl (C=O) groups is 1. The fourth-order valence-corrected chi connectivity index (χ4v) is 1.79. The Morgan fingerprint density at radius 3 is 3.00 bits per heavy atom. The van der Waals surface area contributed by atoms with Gasteiger partial charge in [-0.3, -0.25) is 9.78 Å². The lowest BCUT2D eigenvalue weighted by Crippen LogP contribution is -2.04. The van der Waals surface area contributed by atoms with Gasteiger partial charge in [-0.1, -0.05) is 17.5 Å². The Bertz CT molecular complexity index is 644. The first-order valence-electron chi connectivity index (χ1n) is 4.85. The molecule has 0 unspecified atom stereocenters. The molecule has 17 heavy (non-hydrogen) atoms. The van der Waals surface area contributed by atoms with Crippen molar-refractivity contribution in [3.63, 3.8) is 0 Å². The van der Waals surface area contributed by atoms with Crippen molar-refractivity contribution >= 4 is 28.5 Å². The lowest BCUT2D eigenvalue weighted by atomic mass is 10.1. The van der Waals surface area contributed by atoms with Crippen molar-refractivity contribution in [3.05, 3.63) is 35.0 Å². The summed E-state index contributed by atoms with van der Waals surface area (Å²) in [6.07, 6.45) is 6.95. The zero-order chi connectivity index (χ0) is 12.4. The van der Waals surface area contributed by atoms with E-state index in [0.717, 1.165) is 0 Å². The maximum Gasteiger partial charge on any atom is 0.308 e. The second kappa shape index (κ2) is 4.44. The van der Waals surface area contributed by atoms with Gasteiger partial charge in [0.2, 0.25) is 0 Å². The molecule has 0 amide bonds. The van der Waals surface area contributed by atoms with Crippen LogP contribution in [0, 0.1) is 12.3 Å². The normalized spacial score (nSPS) is 9.94. The first-order chi connectivity index (χ1) is 8.13. The van der Waals surface area contributed by atoms with Gasteiger partial charge in [0.05, 0.1) is 10.6 Å². The molecule has 1 heterocycles. The van der Waals surface area contributed by atoms with Crippen LogP contribution >= 0.6 is 11.6 Å². The molecule has 0 radical (unpaired) electrons. The van der Waals surface area contributed by atoms with E-state index in [1.165, 1.54) is 6.92 Å². The SMILES string of the molecule is C#Cc1cc(Cl)c2cccnc2c1OC(C)=O. The van der Waals surface area contributed by atoms with E-state index in [9.17, 15) is 4.79 Å². The number of hydrogen-bond donors (Lipinski definition) is 0. The number of terminal acetylenes is 1. The van der Waals surface area contributed by atoms with E-state index >= 15 is 0 Å². The predicted molar refractivity (Wildman–Crippen MR) is 66.0 cm³/mol. The van der Waals surface area contributed by atoms with E-state index in [2.05, 4.69) is 10.9 Å². The van der Waals surface area contributed by atoms with E-state index < -0.39 is 5.97 Å². The van der Waals surface area contributed by atoms with Crippen molar-refractivity contribution in [1.82, 2.24) is 4.98 Å². The average molecular weight is 246 g/mol. The van der Waals surface area contributed by atoms with Gasteiger partial charge in [0.25, 0.3) is 0 Å². The number of rotatable bonds is 1. The molecule has 0 spiro atoms. The number of hydrogen-bond acceptors (Lipinski definition) is 3. The van der Waals surface area contributed by atoms with Crippen LogP contribution in [-0.4, -0.2) is 11.0 Å². The summed E-state index contributed by atoms with van der Waals surface area (Å²) in [6.45, 7) is 1.31. The summed E-state index contributed by atoms with van der Waals surface area (Å²) in [5.41, 5.74) is 0.902. The van der Waals surface area contributed by atoms with E-state index in [0.29, 0.717) is 21.5 Å². The third-order valence-electron chi connectivity index (χ3n) is 2.20. The minimum absolute atomic E-state index is 0.278. The van der Waals surface area contributed by atoms with Crippen molar-refractivity contribution in [2.75, 3.05) is 0 Å². The fraction of sp³-hybridized carbons (Fsp3) is 0.0769. The Morgan fingerprint density at radius 2 is 2.35 bits per heavy atom. The highest BCUT2D eigenvalue weighted by Crippen LogP contribution is 2.33. The van der Waals surface area contributed by atoms with Gasteiger partial charge in [0.1, 0.15) is 5.52 Å². The molecule has 3 nitrogen and oxygen atoms in total. The Balaban J connectivity index is 2.82. The van der Waals surface area contributed by atoms with E-state index in [1.54, 1.807) is 24.4 Å². The van der Waals surface area contributed by atoms with Crippen LogP contribution < -0.4 is 4.74 Å². The Morgan fingerprint density at radius 1 is 1.59 bits per heavy atom. The third kappa shape index (κ3) is 2.08. The first-order valence-corrected chi connectivity index (χ1v) is 5.23. The molecule has 1 aromatic heterocycles. The predicted octanol–water partition coefficient (Wildman–Crippen LogP) is 2.79. The Kier molecular flexibility index (Phi) is 2.99. The maximum atomic E-state index is 11.1. The Labute approximate surface area is 103 Å². The number of aromatic nitrogens is 1. The molecule has 0 saturated heterocycles. The van der Waals surface area contributed by atoms with Gasteiger partial charge in [0.15, 0.2) is 5.75 Å². The fourth-order valence-electron chi connectivity index (χ4n) is 1.53. The van der Waals surface area contributed by atoms with Crippen LogP contribution in [-0.2, 0) is 4.79 Å². The van der Waals surface area contributed by atoms with Gasteiger partial charge in [-0.2, -0.15) is 0 Å². The zero-order valence-electron chi connectivity index (χ0n) is 9.03. The second-order valence-corrected chi connectivity index (χ2v) is 3.78. The highest BCUT2D eigenvalue weighted by atomic mass is 35.5. The number of halogens is 1. The number of esters is 1. The lowest BCUT2D eigenvalue weighted by Gasteiger charge is -2.09. The summed E-state index contributed by atoms with van der Waals surface area (Å²) in [4.78, 5) is 15.2. The quantitative estimate of drug-likeness (QED) is 0.441. The molecule has 0 aliphatic heterocycles. The van der Waals surface area contributed by atoms with Gasteiger partial charge in [-0.15, -0.1) is 6.42 Å². The molecule has 4 heteroatoms. The number of nitrogens with zero attached hydrogens (tertiary/aromatic N) is 1. The second-order valence-electron chi connectivity index (χ2n) is 3.37. The van der Waals surface area contributed by atoms with Crippen LogP contribution in [0.5, 0.6) is 5.75 Å². The van der Waals surface area contributed by atoms with E-state index in [4.69, 9.17) is 22.8 Å². The molecule has 2 rings (SSSR count).